The molecule has 184 valence electrons. The summed E-state index contributed by atoms with van der Waals surface area (Å²) >= 11 is 0. The number of anilines is 1. The molecule has 0 N–H and O–H groups in total. The van der Waals surface area contributed by atoms with E-state index in [0.29, 0.717) is 24.7 Å². The standard InChI is InChI=1S/C27H30N8O/c1-17-14-33(16-19(17)13-28)26-18(2)15-35-24(29-26)12-21(30-35)23-10-6-7-11-34(23)27(36)25-20-8-4-5-9-22(20)32(3)31-25/h4-5,8-9,12,15,17,19,23H,6-7,10-11,14,16H2,1-3H3/t17-,19+,23-/m0/s1. The smallest absolute Gasteiger partial charge is 0.275 e. The lowest BCUT2D eigenvalue weighted by Gasteiger charge is -2.34. The number of fused-ring (bicyclic) bond motifs is 2. The second-order valence-electron chi connectivity index (χ2n) is 10.2. The van der Waals surface area contributed by atoms with Gasteiger partial charge in [0.05, 0.1) is 29.2 Å². The summed E-state index contributed by atoms with van der Waals surface area (Å²) in [6.45, 7) is 6.37. The van der Waals surface area contributed by atoms with Gasteiger partial charge in [-0.3, -0.25) is 9.48 Å². The molecule has 2 fully saturated rings. The molecule has 5 heterocycles. The van der Waals surface area contributed by atoms with E-state index in [2.05, 4.69) is 23.0 Å². The Balaban J connectivity index is 1.34. The van der Waals surface area contributed by atoms with Gasteiger partial charge in [0.2, 0.25) is 0 Å². The summed E-state index contributed by atoms with van der Waals surface area (Å²) in [5.74, 6) is 1.20. The van der Waals surface area contributed by atoms with Gasteiger partial charge in [-0.15, -0.1) is 0 Å². The van der Waals surface area contributed by atoms with E-state index in [1.165, 1.54) is 0 Å². The Morgan fingerprint density at radius 1 is 1.17 bits per heavy atom. The quantitative estimate of drug-likeness (QED) is 0.440. The molecule has 9 heteroatoms. The average Bonchev–Trinajstić information content (AvgIpc) is 3.57. The van der Waals surface area contributed by atoms with Crippen molar-refractivity contribution in [3.8, 4) is 6.07 Å². The molecule has 2 saturated heterocycles. The molecule has 3 aromatic heterocycles. The van der Waals surface area contributed by atoms with Gasteiger partial charge in [0.1, 0.15) is 5.82 Å². The molecule has 1 amide bonds. The van der Waals surface area contributed by atoms with Gasteiger partial charge in [0.25, 0.3) is 5.91 Å². The van der Waals surface area contributed by atoms with E-state index in [9.17, 15) is 10.1 Å². The topological polar surface area (TPSA) is 95.3 Å². The first kappa shape index (κ1) is 22.5. The lowest BCUT2D eigenvalue weighted by molar-refractivity contribution is 0.0600. The first-order valence-corrected chi connectivity index (χ1v) is 12.7. The van der Waals surface area contributed by atoms with Crippen LogP contribution in [0.2, 0.25) is 0 Å². The van der Waals surface area contributed by atoms with Gasteiger partial charge in [-0.1, -0.05) is 25.1 Å². The predicted molar refractivity (Wildman–Crippen MR) is 137 cm³/mol. The van der Waals surface area contributed by atoms with Crippen LogP contribution >= 0.6 is 0 Å². The Bertz CT molecular complexity index is 1510. The summed E-state index contributed by atoms with van der Waals surface area (Å²) in [6.07, 6.45) is 4.88. The fraction of sp³-hybridized carbons (Fsp3) is 0.444. The number of para-hydroxylation sites is 1. The van der Waals surface area contributed by atoms with E-state index < -0.39 is 0 Å². The fourth-order valence-electron chi connectivity index (χ4n) is 5.80. The molecular weight excluding hydrogens is 452 g/mol. The Labute approximate surface area is 209 Å². The zero-order valence-electron chi connectivity index (χ0n) is 20.9. The summed E-state index contributed by atoms with van der Waals surface area (Å²) in [5, 5.41) is 19.8. The summed E-state index contributed by atoms with van der Waals surface area (Å²) in [4.78, 5) is 22.9. The molecule has 0 spiro atoms. The van der Waals surface area contributed by atoms with Crippen LogP contribution in [0.4, 0.5) is 5.82 Å². The molecule has 2 aliphatic heterocycles. The van der Waals surface area contributed by atoms with Gasteiger partial charge in [-0.25, -0.2) is 9.50 Å². The second kappa shape index (κ2) is 8.63. The maximum absolute atomic E-state index is 13.8. The number of hydrogen-bond acceptors (Lipinski definition) is 6. The molecular formula is C27H30N8O. The van der Waals surface area contributed by atoms with E-state index in [0.717, 1.165) is 59.4 Å². The van der Waals surface area contributed by atoms with Crippen LogP contribution in [0.1, 0.15) is 54.0 Å². The Hall–Kier alpha value is -3.93. The van der Waals surface area contributed by atoms with Crippen LogP contribution in [0.25, 0.3) is 16.6 Å². The minimum atomic E-state index is -0.118. The summed E-state index contributed by atoms with van der Waals surface area (Å²) < 4.78 is 3.60. The number of amides is 1. The van der Waals surface area contributed by atoms with Gasteiger partial charge in [-0.2, -0.15) is 15.5 Å². The van der Waals surface area contributed by atoms with Crippen LogP contribution in [-0.4, -0.2) is 54.8 Å². The number of rotatable bonds is 3. The monoisotopic (exact) mass is 482 g/mol. The molecule has 0 bridgehead atoms. The van der Waals surface area contributed by atoms with Crippen LogP contribution in [0.3, 0.4) is 0 Å². The van der Waals surface area contributed by atoms with Crippen LogP contribution in [0.5, 0.6) is 0 Å². The summed E-state index contributed by atoms with van der Waals surface area (Å²) in [5.41, 5.74) is 4.09. The van der Waals surface area contributed by atoms with Crippen molar-refractivity contribution in [2.75, 3.05) is 24.5 Å². The van der Waals surface area contributed by atoms with Crippen molar-refractivity contribution in [1.29, 1.82) is 5.26 Å². The lowest BCUT2D eigenvalue weighted by Crippen LogP contribution is -2.39. The Morgan fingerprint density at radius 3 is 2.81 bits per heavy atom. The predicted octanol–water partition coefficient (Wildman–Crippen LogP) is 3.89. The molecule has 2 aliphatic rings. The number of aryl methyl sites for hydroxylation is 2. The molecule has 0 aliphatic carbocycles. The SMILES string of the molecule is Cc1cn2nc([C@@H]3CCCCN3C(=O)c3nn(C)c4ccccc34)cc2nc1N1C[C@@H](C#N)[C@@H](C)C1. The van der Waals surface area contributed by atoms with Crippen molar-refractivity contribution >= 4 is 28.3 Å². The number of benzene rings is 1. The molecule has 4 aromatic rings. The van der Waals surface area contributed by atoms with E-state index >= 15 is 0 Å². The molecule has 9 nitrogen and oxygen atoms in total. The van der Waals surface area contributed by atoms with E-state index in [1.54, 1.807) is 4.68 Å². The van der Waals surface area contributed by atoms with Crippen LogP contribution in [0, 0.1) is 30.1 Å². The number of piperidine rings is 1. The fourth-order valence-corrected chi connectivity index (χ4v) is 5.80. The maximum Gasteiger partial charge on any atom is 0.275 e. The van der Waals surface area contributed by atoms with Crippen molar-refractivity contribution in [3.63, 3.8) is 0 Å². The minimum absolute atomic E-state index is 0.0207. The highest BCUT2D eigenvalue weighted by Gasteiger charge is 2.34. The van der Waals surface area contributed by atoms with Crippen LogP contribution < -0.4 is 4.90 Å². The van der Waals surface area contributed by atoms with Crippen molar-refractivity contribution in [2.24, 2.45) is 18.9 Å². The van der Waals surface area contributed by atoms with Crippen molar-refractivity contribution < 1.29 is 4.79 Å². The van der Waals surface area contributed by atoms with Gasteiger partial charge < -0.3 is 9.80 Å². The third-order valence-corrected chi connectivity index (χ3v) is 7.77. The number of likely N-dealkylation sites (tertiary alicyclic amines) is 1. The maximum atomic E-state index is 13.8. The van der Waals surface area contributed by atoms with Crippen molar-refractivity contribution in [1.82, 2.24) is 29.3 Å². The molecule has 0 radical (unpaired) electrons. The van der Waals surface area contributed by atoms with Crippen molar-refractivity contribution in [2.45, 2.75) is 39.2 Å². The normalized spacial score (nSPS) is 22.4. The highest BCUT2D eigenvalue weighted by Crippen LogP contribution is 2.34. The first-order chi connectivity index (χ1) is 17.4. The first-order valence-electron chi connectivity index (χ1n) is 12.7. The Kier molecular flexibility index (Phi) is 5.40. The van der Waals surface area contributed by atoms with E-state index in [1.807, 2.05) is 59.9 Å². The number of carbonyl (C=O) groups is 1. The van der Waals surface area contributed by atoms with Gasteiger partial charge in [0.15, 0.2) is 11.3 Å². The molecule has 0 unspecified atom stereocenters. The van der Waals surface area contributed by atoms with Crippen molar-refractivity contribution in [3.05, 3.63) is 53.5 Å². The second-order valence-corrected chi connectivity index (χ2v) is 10.2. The zero-order valence-corrected chi connectivity index (χ0v) is 20.9. The van der Waals surface area contributed by atoms with Crippen LogP contribution in [0.15, 0.2) is 36.5 Å². The number of aromatic nitrogens is 5. The van der Waals surface area contributed by atoms with E-state index in [4.69, 9.17) is 10.1 Å². The molecule has 6 rings (SSSR count). The summed E-state index contributed by atoms with van der Waals surface area (Å²) in [6, 6.07) is 12.2. The number of nitrogens with zero attached hydrogens (tertiary/aromatic N) is 8. The number of nitriles is 1. The largest absolute Gasteiger partial charge is 0.355 e. The molecule has 36 heavy (non-hydrogen) atoms. The number of carbonyl (C=O) groups excluding carboxylic acids is 1. The lowest BCUT2D eigenvalue weighted by atomic mass is 9.98. The molecule has 1 aromatic carbocycles. The van der Waals surface area contributed by atoms with Gasteiger partial charge >= 0.3 is 0 Å². The third-order valence-electron chi connectivity index (χ3n) is 7.77. The molecule has 3 atom stereocenters. The Morgan fingerprint density at radius 2 is 2.00 bits per heavy atom. The highest BCUT2D eigenvalue weighted by atomic mass is 16.2. The minimum Gasteiger partial charge on any atom is -0.355 e. The van der Waals surface area contributed by atoms with E-state index in [-0.39, 0.29) is 17.9 Å². The van der Waals surface area contributed by atoms with Gasteiger partial charge in [-0.05, 0) is 38.2 Å². The highest BCUT2D eigenvalue weighted by molar-refractivity contribution is 6.05. The third kappa shape index (κ3) is 3.60. The molecule has 0 saturated carbocycles. The zero-order chi connectivity index (χ0) is 25.0. The van der Waals surface area contributed by atoms with Gasteiger partial charge in [0, 0.05) is 49.9 Å². The number of hydrogen-bond donors (Lipinski definition) is 0. The summed E-state index contributed by atoms with van der Waals surface area (Å²) in [7, 11) is 1.88. The van der Waals surface area contributed by atoms with Crippen LogP contribution in [-0.2, 0) is 7.05 Å². The average molecular weight is 483 g/mol.